The first-order valence-electron chi connectivity index (χ1n) is 8.35. The van der Waals surface area contributed by atoms with E-state index in [9.17, 15) is 4.79 Å². The molecule has 1 aromatic rings. The summed E-state index contributed by atoms with van der Waals surface area (Å²) in [6, 6.07) is 4.03. The van der Waals surface area contributed by atoms with Gasteiger partial charge in [0.1, 0.15) is 5.60 Å². The summed E-state index contributed by atoms with van der Waals surface area (Å²) in [6.45, 7) is 11.2. The van der Waals surface area contributed by atoms with Crippen LogP contribution in [0.15, 0.2) is 24.5 Å². The third kappa shape index (κ3) is 5.82. The first kappa shape index (κ1) is 17.7. The molecular weight excluding hydrogens is 290 g/mol. The minimum atomic E-state index is -0.440. The van der Waals surface area contributed by atoms with Gasteiger partial charge in [0, 0.05) is 38.6 Å². The fourth-order valence-electron chi connectivity index (χ4n) is 2.95. The van der Waals surface area contributed by atoms with Crippen LogP contribution in [0, 0.1) is 5.41 Å². The van der Waals surface area contributed by atoms with Gasteiger partial charge in [-0.2, -0.15) is 0 Å². The Balaban J connectivity index is 1.84. The van der Waals surface area contributed by atoms with Crippen LogP contribution in [0.2, 0.25) is 0 Å². The van der Waals surface area contributed by atoms with Crippen molar-refractivity contribution in [3.8, 4) is 0 Å². The predicted molar refractivity (Wildman–Crippen MR) is 91.1 cm³/mol. The molecule has 1 fully saturated rings. The van der Waals surface area contributed by atoms with Gasteiger partial charge in [0.15, 0.2) is 0 Å². The molecule has 0 radical (unpaired) electrons. The van der Waals surface area contributed by atoms with Crippen LogP contribution in [0.4, 0.5) is 4.79 Å². The Hall–Kier alpha value is -1.62. The standard InChI is InChI=1S/C18H29N3O2/c1-17(2,3)23-16(22)21-11-5-8-18(4,14-21)13-20-12-15-6-9-19-10-7-15/h6-7,9-10,20H,5,8,11-14H2,1-4H3. The number of nitrogens with one attached hydrogen (secondary N) is 1. The number of pyridine rings is 1. The fraction of sp³-hybridized carbons (Fsp3) is 0.667. The molecule has 1 saturated heterocycles. The van der Waals surface area contributed by atoms with E-state index >= 15 is 0 Å². The molecule has 1 aliphatic rings. The number of aromatic nitrogens is 1. The van der Waals surface area contributed by atoms with E-state index in [1.54, 1.807) is 0 Å². The molecule has 2 rings (SSSR count). The molecule has 1 aliphatic heterocycles. The number of hydrogen-bond acceptors (Lipinski definition) is 4. The minimum absolute atomic E-state index is 0.0855. The minimum Gasteiger partial charge on any atom is -0.444 e. The lowest BCUT2D eigenvalue weighted by Gasteiger charge is -2.41. The van der Waals surface area contributed by atoms with Crippen LogP contribution >= 0.6 is 0 Å². The Labute approximate surface area is 139 Å². The Morgan fingerprint density at radius 1 is 1.39 bits per heavy atom. The van der Waals surface area contributed by atoms with Crippen LogP contribution in [0.1, 0.15) is 46.1 Å². The van der Waals surface area contributed by atoms with Crippen molar-refractivity contribution >= 4 is 6.09 Å². The van der Waals surface area contributed by atoms with Crippen molar-refractivity contribution in [1.82, 2.24) is 15.2 Å². The van der Waals surface area contributed by atoms with E-state index in [2.05, 4.69) is 17.2 Å². The molecule has 5 nitrogen and oxygen atoms in total. The third-order valence-electron chi connectivity index (χ3n) is 4.06. The number of carbonyl (C=O) groups excluding carboxylic acids is 1. The summed E-state index contributed by atoms with van der Waals surface area (Å²) < 4.78 is 5.50. The summed E-state index contributed by atoms with van der Waals surface area (Å²) in [5.74, 6) is 0. The van der Waals surface area contributed by atoms with E-state index in [0.29, 0.717) is 0 Å². The number of piperidine rings is 1. The zero-order valence-corrected chi connectivity index (χ0v) is 14.8. The normalized spacial score (nSPS) is 22.0. The number of carbonyl (C=O) groups is 1. The van der Waals surface area contributed by atoms with E-state index in [1.807, 2.05) is 50.2 Å². The van der Waals surface area contributed by atoms with Crippen LogP contribution in [0.3, 0.4) is 0 Å². The first-order valence-corrected chi connectivity index (χ1v) is 8.35. The molecule has 128 valence electrons. The highest BCUT2D eigenvalue weighted by atomic mass is 16.6. The molecule has 23 heavy (non-hydrogen) atoms. The molecule has 2 heterocycles. The second-order valence-electron chi connectivity index (χ2n) is 7.78. The lowest BCUT2D eigenvalue weighted by Crippen LogP contribution is -2.50. The van der Waals surface area contributed by atoms with E-state index < -0.39 is 5.60 Å². The Morgan fingerprint density at radius 2 is 2.09 bits per heavy atom. The van der Waals surface area contributed by atoms with Gasteiger partial charge in [-0.1, -0.05) is 6.92 Å². The average molecular weight is 319 g/mol. The zero-order valence-electron chi connectivity index (χ0n) is 14.8. The topological polar surface area (TPSA) is 54.5 Å². The van der Waals surface area contributed by atoms with Gasteiger partial charge in [-0.25, -0.2) is 4.79 Å². The van der Waals surface area contributed by atoms with Gasteiger partial charge in [0.2, 0.25) is 0 Å². The van der Waals surface area contributed by atoms with Gasteiger partial charge >= 0.3 is 6.09 Å². The Kier molecular flexibility index (Phi) is 5.63. The molecule has 1 unspecified atom stereocenters. The summed E-state index contributed by atoms with van der Waals surface area (Å²) in [5.41, 5.74) is 0.871. The van der Waals surface area contributed by atoms with Crippen molar-refractivity contribution in [3.05, 3.63) is 30.1 Å². The van der Waals surface area contributed by atoms with Crippen molar-refractivity contribution < 1.29 is 9.53 Å². The van der Waals surface area contributed by atoms with E-state index in [1.165, 1.54) is 5.56 Å². The van der Waals surface area contributed by atoms with E-state index in [-0.39, 0.29) is 11.5 Å². The Morgan fingerprint density at radius 3 is 2.74 bits per heavy atom. The smallest absolute Gasteiger partial charge is 0.410 e. The second-order valence-corrected chi connectivity index (χ2v) is 7.78. The molecule has 5 heteroatoms. The molecule has 1 amide bonds. The van der Waals surface area contributed by atoms with Crippen molar-refractivity contribution in [2.45, 2.75) is 52.7 Å². The number of ether oxygens (including phenoxy) is 1. The van der Waals surface area contributed by atoms with Crippen LogP contribution in [0.25, 0.3) is 0 Å². The lowest BCUT2D eigenvalue weighted by molar-refractivity contribution is 0.00675. The molecule has 1 N–H and O–H groups in total. The maximum Gasteiger partial charge on any atom is 0.410 e. The fourth-order valence-corrected chi connectivity index (χ4v) is 2.95. The van der Waals surface area contributed by atoms with Gasteiger partial charge in [-0.05, 0) is 56.7 Å². The highest BCUT2D eigenvalue weighted by molar-refractivity contribution is 5.68. The molecular formula is C18H29N3O2. The number of likely N-dealkylation sites (tertiary alicyclic amines) is 1. The summed E-state index contributed by atoms with van der Waals surface area (Å²) in [7, 11) is 0. The summed E-state index contributed by atoms with van der Waals surface area (Å²) in [5, 5.41) is 3.51. The SMILES string of the molecule is CC1(CNCc2ccncc2)CCCN(C(=O)OC(C)(C)C)C1. The summed E-state index contributed by atoms with van der Waals surface area (Å²) >= 11 is 0. The predicted octanol–water partition coefficient (Wildman–Crippen LogP) is 3.21. The maximum atomic E-state index is 12.3. The van der Waals surface area contributed by atoms with Crippen molar-refractivity contribution in [2.75, 3.05) is 19.6 Å². The third-order valence-corrected chi connectivity index (χ3v) is 4.06. The number of nitrogens with zero attached hydrogens (tertiary/aromatic N) is 2. The molecule has 1 aromatic heterocycles. The molecule has 1 atom stereocenters. The second kappa shape index (κ2) is 7.30. The van der Waals surface area contributed by atoms with Crippen LogP contribution in [0.5, 0.6) is 0 Å². The molecule has 0 spiro atoms. The van der Waals surface area contributed by atoms with Gasteiger partial charge in [0.05, 0.1) is 0 Å². The summed E-state index contributed by atoms with van der Waals surface area (Å²) in [6.07, 6.45) is 5.56. The maximum absolute atomic E-state index is 12.3. The van der Waals surface area contributed by atoms with Crippen LogP contribution in [-0.4, -0.2) is 41.2 Å². The Bertz CT molecular complexity index is 513. The molecule has 0 aromatic carbocycles. The monoisotopic (exact) mass is 319 g/mol. The lowest BCUT2D eigenvalue weighted by atomic mass is 9.82. The van der Waals surface area contributed by atoms with Crippen molar-refractivity contribution in [2.24, 2.45) is 5.41 Å². The number of amides is 1. The number of rotatable bonds is 4. The first-order chi connectivity index (χ1) is 10.8. The van der Waals surface area contributed by atoms with Crippen molar-refractivity contribution in [3.63, 3.8) is 0 Å². The zero-order chi connectivity index (χ0) is 16.9. The van der Waals surface area contributed by atoms with Crippen LogP contribution < -0.4 is 5.32 Å². The van der Waals surface area contributed by atoms with E-state index in [0.717, 1.165) is 39.0 Å². The average Bonchev–Trinajstić information content (AvgIpc) is 2.46. The van der Waals surface area contributed by atoms with Gasteiger partial charge < -0.3 is 15.0 Å². The summed E-state index contributed by atoms with van der Waals surface area (Å²) in [4.78, 5) is 18.2. The van der Waals surface area contributed by atoms with Gasteiger partial charge in [-0.15, -0.1) is 0 Å². The van der Waals surface area contributed by atoms with Crippen molar-refractivity contribution in [1.29, 1.82) is 0 Å². The van der Waals surface area contributed by atoms with Crippen LogP contribution in [-0.2, 0) is 11.3 Å². The van der Waals surface area contributed by atoms with E-state index in [4.69, 9.17) is 4.74 Å². The quantitative estimate of drug-likeness (QED) is 0.926. The number of hydrogen-bond donors (Lipinski definition) is 1. The largest absolute Gasteiger partial charge is 0.444 e. The molecule has 0 aliphatic carbocycles. The highest BCUT2D eigenvalue weighted by Crippen LogP contribution is 2.29. The highest BCUT2D eigenvalue weighted by Gasteiger charge is 2.34. The molecule has 0 saturated carbocycles. The van der Waals surface area contributed by atoms with Gasteiger partial charge in [-0.3, -0.25) is 4.98 Å². The van der Waals surface area contributed by atoms with Gasteiger partial charge in [0.25, 0.3) is 0 Å². The molecule has 0 bridgehead atoms.